The van der Waals surface area contributed by atoms with Gasteiger partial charge in [0.15, 0.2) is 23.5 Å². The molecule has 3 saturated carbocycles. The molecule has 0 radical (unpaired) electrons. The fourth-order valence-corrected chi connectivity index (χ4v) is 9.76. The number of Topliss-reactive ketones (excluding diaryl/α,β-unsaturated/α-hetero) is 1. The standard InChI is InChI=1S/C37H43NO8/c1-4-43-30-11-9-25(44-20-21-6-5-7-23(38)14-21)16-27(30)34-45-32-17-28-26-10-8-22-15-24(40)12-13-35(22,2)33(26)29(41)18-36(28,3)37(32,46-34)31(42)19-39/h5-7,9,11-16,26,28-29,32-34,39,41H,4,8,10,17-20,38H2,1-3H3/t26-,28?,29-,32+,33?,34+,35-,36-,37+/m0/s1. The fraction of sp³-hybridized carbons (Fsp3) is 0.514. The molecule has 0 amide bonds. The largest absolute Gasteiger partial charge is 0.493 e. The third-order valence-electron chi connectivity index (χ3n) is 11.7. The second kappa shape index (κ2) is 11.3. The topological polar surface area (TPSA) is 138 Å². The Balaban J connectivity index is 1.21. The van der Waals surface area contributed by atoms with Gasteiger partial charge in [0.1, 0.15) is 24.7 Å². The van der Waals surface area contributed by atoms with E-state index in [-0.39, 0.29) is 23.5 Å². The van der Waals surface area contributed by atoms with Crippen molar-refractivity contribution in [2.24, 2.45) is 28.6 Å². The molecule has 2 aromatic rings. The molecule has 9 atom stereocenters. The first-order chi connectivity index (χ1) is 22.0. The lowest BCUT2D eigenvalue weighted by molar-refractivity contribution is -0.201. The summed E-state index contributed by atoms with van der Waals surface area (Å²) in [5, 5.41) is 22.3. The van der Waals surface area contributed by atoms with Crippen LogP contribution in [-0.4, -0.2) is 52.8 Å². The van der Waals surface area contributed by atoms with E-state index in [4.69, 9.17) is 24.7 Å². The second-order valence-electron chi connectivity index (χ2n) is 14.0. The zero-order chi connectivity index (χ0) is 32.4. The summed E-state index contributed by atoms with van der Waals surface area (Å²) in [5.41, 5.74) is 6.48. The van der Waals surface area contributed by atoms with Gasteiger partial charge in [-0.3, -0.25) is 9.59 Å². The molecule has 7 rings (SSSR count). The predicted octanol–water partition coefficient (Wildman–Crippen LogP) is 4.85. The molecule has 4 N–H and O–H groups in total. The van der Waals surface area contributed by atoms with E-state index in [2.05, 4.69) is 6.92 Å². The quantitative estimate of drug-likeness (QED) is 0.350. The number of ketones is 2. The minimum Gasteiger partial charge on any atom is -0.493 e. The summed E-state index contributed by atoms with van der Waals surface area (Å²) in [5.74, 6) is 0.660. The highest BCUT2D eigenvalue weighted by Gasteiger charge is 2.76. The normalized spacial score (nSPS) is 37.5. The molecule has 4 fully saturated rings. The summed E-state index contributed by atoms with van der Waals surface area (Å²) in [6.07, 6.45) is 5.41. The average Bonchev–Trinajstić information content (AvgIpc) is 3.53. The van der Waals surface area contributed by atoms with Gasteiger partial charge in [0.25, 0.3) is 0 Å². The molecule has 46 heavy (non-hydrogen) atoms. The third-order valence-corrected chi connectivity index (χ3v) is 11.7. The Hall–Kier alpha value is -3.50. The van der Waals surface area contributed by atoms with Crippen molar-refractivity contribution < 1.29 is 38.7 Å². The molecular formula is C37H43NO8. The third kappa shape index (κ3) is 4.58. The van der Waals surface area contributed by atoms with Gasteiger partial charge in [-0.2, -0.15) is 0 Å². The molecule has 0 aromatic heterocycles. The first kappa shape index (κ1) is 31.1. The summed E-state index contributed by atoms with van der Waals surface area (Å²) < 4.78 is 25.6. The Kier molecular flexibility index (Phi) is 7.67. The fourth-order valence-electron chi connectivity index (χ4n) is 9.76. The highest BCUT2D eigenvalue weighted by Crippen LogP contribution is 2.70. The van der Waals surface area contributed by atoms with E-state index in [1.54, 1.807) is 12.2 Å². The number of anilines is 1. The van der Waals surface area contributed by atoms with E-state index in [1.165, 1.54) is 0 Å². The van der Waals surface area contributed by atoms with E-state index in [9.17, 15) is 19.8 Å². The number of benzene rings is 2. The van der Waals surface area contributed by atoms with Crippen molar-refractivity contribution in [2.75, 3.05) is 18.9 Å². The van der Waals surface area contributed by atoms with Crippen molar-refractivity contribution >= 4 is 17.3 Å². The van der Waals surface area contributed by atoms with Crippen LogP contribution in [0, 0.1) is 28.6 Å². The van der Waals surface area contributed by atoms with Gasteiger partial charge < -0.3 is 34.9 Å². The van der Waals surface area contributed by atoms with Gasteiger partial charge in [-0.15, -0.1) is 0 Å². The lowest BCUT2D eigenvalue weighted by Gasteiger charge is -2.59. The number of carbonyl (C=O) groups excluding carboxylic acids is 2. The number of allylic oxidation sites excluding steroid dienone is 4. The summed E-state index contributed by atoms with van der Waals surface area (Å²) in [4.78, 5) is 26.2. The number of hydrogen-bond donors (Lipinski definition) is 3. The van der Waals surface area contributed by atoms with Crippen molar-refractivity contribution in [3.05, 3.63) is 77.4 Å². The van der Waals surface area contributed by atoms with Crippen molar-refractivity contribution in [2.45, 2.75) is 77.2 Å². The summed E-state index contributed by atoms with van der Waals surface area (Å²) in [6.45, 7) is 6.06. The Bertz CT molecular complexity index is 1620. The predicted molar refractivity (Wildman–Crippen MR) is 170 cm³/mol. The molecule has 1 aliphatic heterocycles. The maximum atomic E-state index is 14.0. The molecule has 1 heterocycles. The molecule has 9 heteroatoms. The Labute approximate surface area is 269 Å². The summed E-state index contributed by atoms with van der Waals surface area (Å²) in [7, 11) is 0. The first-order valence-electron chi connectivity index (χ1n) is 16.4. The number of ether oxygens (including phenoxy) is 4. The Morgan fingerprint density at radius 3 is 2.74 bits per heavy atom. The number of aliphatic hydroxyl groups is 2. The maximum Gasteiger partial charge on any atom is 0.193 e. The lowest BCUT2D eigenvalue weighted by Crippen LogP contribution is -2.63. The summed E-state index contributed by atoms with van der Waals surface area (Å²) >= 11 is 0. The van der Waals surface area contributed by atoms with Crippen LogP contribution in [0.15, 0.2) is 66.3 Å². The number of nitrogen functional groups attached to an aromatic ring is 1. The number of aliphatic hydroxyl groups excluding tert-OH is 2. The monoisotopic (exact) mass is 629 g/mol. The molecule has 2 aromatic carbocycles. The van der Waals surface area contributed by atoms with Crippen molar-refractivity contribution in [1.82, 2.24) is 0 Å². The minimum atomic E-state index is -1.46. The van der Waals surface area contributed by atoms with E-state index in [1.807, 2.05) is 62.4 Å². The molecule has 9 nitrogen and oxygen atoms in total. The van der Waals surface area contributed by atoms with Crippen LogP contribution >= 0.6 is 0 Å². The Morgan fingerprint density at radius 2 is 1.98 bits per heavy atom. The molecule has 0 bridgehead atoms. The van der Waals surface area contributed by atoms with Crippen LogP contribution in [0.5, 0.6) is 11.5 Å². The lowest BCUT2D eigenvalue weighted by atomic mass is 9.46. The van der Waals surface area contributed by atoms with Crippen LogP contribution < -0.4 is 15.2 Å². The molecule has 1 saturated heterocycles. The second-order valence-corrected chi connectivity index (χ2v) is 14.0. The van der Waals surface area contributed by atoms with Gasteiger partial charge in [0.05, 0.1) is 24.4 Å². The smallest absolute Gasteiger partial charge is 0.193 e. The number of rotatable bonds is 8. The number of hydrogen-bond acceptors (Lipinski definition) is 9. The molecule has 0 spiro atoms. The van der Waals surface area contributed by atoms with E-state index in [0.29, 0.717) is 48.8 Å². The zero-order valence-corrected chi connectivity index (χ0v) is 26.6. The molecule has 4 aliphatic carbocycles. The van der Waals surface area contributed by atoms with Crippen LogP contribution in [0.1, 0.15) is 63.9 Å². The zero-order valence-electron chi connectivity index (χ0n) is 26.6. The van der Waals surface area contributed by atoms with Crippen molar-refractivity contribution in [3.8, 4) is 11.5 Å². The molecular weight excluding hydrogens is 586 g/mol. The van der Waals surface area contributed by atoms with Gasteiger partial charge in [0.2, 0.25) is 0 Å². The van der Waals surface area contributed by atoms with E-state index < -0.39 is 47.3 Å². The highest BCUT2D eigenvalue weighted by atomic mass is 16.7. The average molecular weight is 630 g/mol. The molecule has 5 aliphatic rings. The SMILES string of the molecule is CCOc1ccc(OCc2cccc(N)c2)cc1[C@@H]1O[C@@H]2CC3[C@@H]4CCC5=CC(=O)C=C[C@]5(C)C4[C@@H](O)C[C@]3(C)[C@]2(C(=O)CO)O1. The number of nitrogens with two attached hydrogens (primary N) is 1. The first-order valence-corrected chi connectivity index (χ1v) is 16.4. The van der Waals surface area contributed by atoms with Crippen LogP contribution in [0.3, 0.4) is 0 Å². The van der Waals surface area contributed by atoms with Gasteiger partial charge in [-0.1, -0.05) is 37.6 Å². The van der Waals surface area contributed by atoms with E-state index >= 15 is 0 Å². The number of carbonyl (C=O) groups is 2. The van der Waals surface area contributed by atoms with Crippen molar-refractivity contribution in [1.29, 1.82) is 0 Å². The van der Waals surface area contributed by atoms with Crippen LogP contribution in [0.2, 0.25) is 0 Å². The minimum absolute atomic E-state index is 0.00564. The van der Waals surface area contributed by atoms with Crippen LogP contribution in [-0.2, 0) is 25.7 Å². The molecule has 2 unspecified atom stereocenters. The van der Waals surface area contributed by atoms with Crippen molar-refractivity contribution in [3.63, 3.8) is 0 Å². The van der Waals surface area contributed by atoms with Gasteiger partial charge >= 0.3 is 0 Å². The maximum absolute atomic E-state index is 14.0. The van der Waals surface area contributed by atoms with Gasteiger partial charge in [-0.05, 0) is 92.5 Å². The summed E-state index contributed by atoms with van der Waals surface area (Å²) in [6, 6.07) is 12.9. The molecule has 244 valence electrons. The van der Waals surface area contributed by atoms with Crippen LogP contribution in [0.25, 0.3) is 0 Å². The van der Waals surface area contributed by atoms with Gasteiger partial charge in [0, 0.05) is 22.4 Å². The Morgan fingerprint density at radius 1 is 1.15 bits per heavy atom. The van der Waals surface area contributed by atoms with Crippen LogP contribution in [0.4, 0.5) is 5.69 Å². The number of fused-ring (bicyclic) bond motifs is 7. The van der Waals surface area contributed by atoms with E-state index in [0.717, 1.165) is 24.0 Å². The highest BCUT2D eigenvalue weighted by molar-refractivity contribution is 6.01. The van der Waals surface area contributed by atoms with Gasteiger partial charge in [-0.25, -0.2) is 0 Å².